The van der Waals surface area contributed by atoms with Crippen LogP contribution in [0.25, 0.3) is 33.4 Å². The zero-order valence-corrected chi connectivity index (χ0v) is 21.1. The lowest BCUT2D eigenvalue weighted by Crippen LogP contribution is -2.36. The van der Waals surface area contributed by atoms with E-state index in [9.17, 15) is 14.4 Å². The van der Waals surface area contributed by atoms with Gasteiger partial charge in [0, 0.05) is 37.5 Å². The average molecular weight is 522 g/mol. The van der Waals surface area contributed by atoms with E-state index in [2.05, 4.69) is 10.00 Å². The van der Waals surface area contributed by atoms with Crippen molar-refractivity contribution >= 4 is 29.6 Å². The van der Waals surface area contributed by atoms with Gasteiger partial charge in [-0.1, -0.05) is 12.1 Å². The molecule has 0 bridgehead atoms. The highest BCUT2D eigenvalue weighted by Gasteiger charge is 2.24. The smallest absolute Gasteiger partial charge is 0.356 e. The molecule has 6 rings (SSSR count). The quantitative estimate of drug-likeness (QED) is 0.380. The first-order valence-corrected chi connectivity index (χ1v) is 14.0. The van der Waals surface area contributed by atoms with Crippen LogP contribution in [0.4, 0.5) is 5.82 Å². The van der Waals surface area contributed by atoms with E-state index in [0.29, 0.717) is 25.5 Å². The van der Waals surface area contributed by atoms with Crippen molar-refractivity contribution in [3.05, 3.63) is 54.9 Å². The summed E-state index contributed by atoms with van der Waals surface area (Å²) in [6.45, 7) is 3.40. The molecule has 0 saturated carbocycles. The van der Waals surface area contributed by atoms with Gasteiger partial charge in [0.05, 0.1) is 24.2 Å². The van der Waals surface area contributed by atoms with E-state index in [-0.39, 0.29) is 11.5 Å². The molecule has 2 aliphatic rings. The largest absolute Gasteiger partial charge is 0.378 e. The fourth-order valence-electron chi connectivity index (χ4n) is 5.00. The number of aromatic nitrogens is 4. The van der Waals surface area contributed by atoms with Crippen LogP contribution < -0.4 is 10.2 Å². The number of hydrogen-bond donors (Lipinski definition) is 2. The van der Waals surface area contributed by atoms with E-state index in [1.54, 1.807) is 24.5 Å². The Labute approximate surface area is 214 Å². The van der Waals surface area contributed by atoms with Gasteiger partial charge in [-0.3, -0.25) is 9.55 Å². The Morgan fingerprint density at radius 1 is 0.973 bits per heavy atom. The van der Waals surface area contributed by atoms with Crippen molar-refractivity contribution < 1.29 is 23.8 Å². The van der Waals surface area contributed by atoms with Gasteiger partial charge in [-0.05, 0) is 60.7 Å². The minimum Gasteiger partial charge on any atom is -0.378 e. The molecule has 2 fully saturated rings. The Kier molecular flexibility index (Phi) is 6.52. The molecule has 2 aliphatic heterocycles. The molecule has 37 heavy (non-hydrogen) atoms. The van der Waals surface area contributed by atoms with Gasteiger partial charge in [-0.25, -0.2) is 9.67 Å². The summed E-state index contributed by atoms with van der Waals surface area (Å²) in [5.74, 6) is 0.805. The van der Waals surface area contributed by atoms with Crippen molar-refractivity contribution in [2.45, 2.75) is 25.5 Å². The normalized spacial score (nSPS) is 18.9. The molecule has 3 aromatic heterocycles. The summed E-state index contributed by atoms with van der Waals surface area (Å²) >= 11 is 0. The number of morpholine rings is 1. The summed E-state index contributed by atoms with van der Waals surface area (Å²) in [6, 6.07) is 12.4. The molecule has 1 atom stereocenters. The maximum absolute atomic E-state index is 11.7. The second kappa shape index (κ2) is 9.96. The van der Waals surface area contributed by atoms with Gasteiger partial charge in [0.25, 0.3) is 0 Å². The van der Waals surface area contributed by atoms with Crippen molar-refractivity contribution in [3.8, 4) is 22.5 Å². The Bertz CT molecular complexity index is 1460. The van der Waals surface area contributed by atoms with Crippen LogP contribution in [0, 0.1) is 0 Å². The first kappa shape index (κ1) is 24.2. The fourth-order valence-corrected chi connectivity index (χ4v) is 5.54. The van der Waals surface area contributed by atoms with Crippen molar-refractivity contribution in [1.82, 2.24) is 19.7 Å². The van der Waals surface area contributed by atoms with Gasteiger partial charge in [-0.2, -0.15) is 5.10 Å². The summed E-state index contributed by atoms with van der Waals surface area (Å²) in [7, 11) is -4.34. The number of rotatable bonds is 5. The number of hydrogen-bond acceptors (Lipinski definition) is 7. The number of ether oxygens (including phenoxy) is 2. The molecule has 1 aromatic carbocycles. The van der Waals surface area contributed by atoms with Gasteiger partial charge in [-0.15, -0.1) is 0 Å². The topological polar surface area (TPSA) is 123 Å². The average Bonchev–Trinajstić information content (AvgIpc) is 3.42. The number of fused-ring (bicyclic) bond motifs is 1. The number of nitrogens with zero attached hydrogens (tertiary/aromatic N) is 5. The van der Waals surface area contributed by atoms with Crippen molar-refractivity contribution in [1.29, 1.82) is 0 Å². The molecule has 0 radical (unpaired) electrons. The summed E-state index contributed by atoms with van der Waals surface area (Å²) in [5, 5.41) is 5.45. The Hall–Kier alpha value is -3.14. The van der Waals surface area contributed by atoms with Gasteiger partial charge in [0.2, 0.25) is 0 Å². The van der Waals surface area contributed by atoms with Crippen LogP contribution in [0.3, 0.4) is 0 Å². The molecular formula is C26H28N5O5P. The fraction of sp³-hybridized carbons (Fsp3) is 0.346. The van der Waals surface area contributed by atoms with Gasteiger partial charge in [0.15, 0.2) is 6.23 Å². The van der Waals surface area contributed by atoms with Crippen LogP contribution in [0.5, 0.6) is 0 Å². The van der Waals surface area contributed by atoms with Crippen molar-refractivity contribution in [2.75, 3.05) is 37.8 Å². The minimum atomic E-state index is -4.34. The molecule has 11 heteroatoms. The lowest BCUT2D eigenvalue weighted by atomic mass is 10.00. The Morgan fingerprint density at radius 3 is 2.51 bits per heavy atom. The van der Waals surface area contributed by atoms with Gasteiger partial charge in [0.1, 0.15) is 17.0 Å². The molecule has 2 N–H and O–H groups in total. The van der Waals surface area contributed by atoms with Gasteiger partial charge >= 0.3 is 7.60 Å². The second-order valence-electron chi connectivity index (χ2n) is 9.26. The highest BCUT2D eigenvalue weighted by molar-refractivity contribution is 7.60. The highest BCUT2D eigenvalue weighted by atomic mass is 31.2. The minimum absolute atomic E-state index is 0.0123. The van der Waals surface area contributed by atoms with E-state index in [4.69, 9.17) is 19.4 Å². The van der Waals surface area contributed by atoms with Crippen LogP contribution in [-0.4, -0.2) is 62.4 Å². The van der Waals surface area contributed by atoms with Crippen LogP contribution in [0.15, 0.2) is 54.9 Å². The zero-order valence-electron chi connectivity index (χ0n) is 20.2. The molecule has 5 heterocycles. The van der Waals surface area contributed by atoms with E-state index in [0.717, 1.165) is 65.9 Å². The summed E-state index contributed by atoms with van der Waals surface area (Å²) in [5.41, 5.74) is 4.03. The third-order valence-electron chi connectivity index (χ3n) is 6.91. The third kappa shape index (κ3) is 4.79. The summed E-state index contributed by atoms with van der Waals surface area (Å²) < 4.78 is 25.2. The summed E-state index contributed by atoms with van der Waals surface area (Å²) in [6.07, 6.45) is 6.41. The monoisotopic (exact) mass is 521 g/mol. The molecule has 10 nitrogen and oxygen atoms in total. The first-order valence-electron chi connectivity index (χ1n) is 12.4. The van der Waals surface area contributed by atoms with Crippen LogP contribution in [0.1, 0.15) is 25.5 Å². The number of pyridine rings is 2. The molecule has 192 valence electrons. The predicted molar refractivity (Wildman–Crippen MR) is 140 cm³/mol. The van der Waals surface area contributed by atoms with Crippen molar-refractivity contribution in [2.24, 2.45) is 0 Å². The van der Waals surface area contributed by atoms with Crippen LogP contribution >= 0.6 is 7.60 Å². The van der Waals surface area contributed by atoms with E-state index < -0.39 is 7.60 Å². The molecule has 4 aromatic rings. The summed E-state index contributed by atoms with van der Waals surface area (Å²) in [4.78, 5) is 31.2. The van der Waals surface area contributed by atoms with Crippen LogP contribution in [0.2, 0.25) is 0 Å². The predicted octanol–water partition coefficient (Wildman–Crippen LogP) is 3.50. The maximum atomic E-state index is 11.7. The standard InChI is InChI=1S/C26H28N5O5P/c32-37(33,34)19-6-4-18(5-7-19)21-17-23(30-12-15-35-16-13-30)29-25-20(21)8-10-27-26(25)22-9-11-28-31(22)24-3-1-2-14-36-24/h4-11,17,24H,1-3,12-16H2,(H2,32,33,34). The lowest BCUT2D eigenvalue weighted by Gasteiger charge is -2.29. The van der Waals surface area contributed by atoms with E-state index >= 15 is 0 Å². The Morgan fingerprint density at radius 2 is 1.78 bits per heavy atom. The molecule has 1 unspecified atom stereocenters. The molecule has 0 amide bonds. The lowest BCUT2D eigenvalue weighted by molar-refractivity contribution is -0.0383. The molecule has 0 aliphatic carbocycles. The number of benzene rings is 1. The highest BCUT2D eigenvalue weighted by Crippen LogP contribution is 2.38. The second-order valence-corrected chi connectivity index (χ2v) is 10.9. The maximum Gasteiger partial charge on any atom is 0.356 e. The zero-order chi connectivity index (χ0) is 25.4. The first-order chi connectivity index (χ1) is 18.0. The molecule has 2 saturated heterocycles. The molecule has 0 spiro atoms. The molecular weight excluding hydrogens is 493 g/mol. The van der Waals surface area contributed by atoms with Gasteiger partial charge < -0.3 is 24.2 Å². The van der Waals surface area contributed by atoms with Crippen molar-refractivity contribution in [3.63, 3.8) is 0 Å². The van der Waals surface area contributed by atoms with Crippen LogP contribution in [-0.2, 0) is 14.0 Å². The third-order valence-corrected chi connectivity index (χ3v) is 7.88. The van der Waals surface area contributed by atoms with E-state index in [1.807, 2.05) is 22.9 Å². The van der Waals surface area contributed by atoms with E-state index in [1.165, 1.54) is 12.1 Å². The SMILES string of the molecule is O=P(O)(O)c1ccc(-c2cc(N3CCOCC3)nc3c(-c4ccnn4C4CCCCO4)nccc23)cc1. The number of anilines is 1. The Balaban J connectivity index is 1.53.